The van der Waals surface area contributed by atoms with Crippen LogP contribution in [0.15, 0.2) is 200 Å². The minimum Gasteiger partial charge on any atom is -0.497 e. The first-order chi connectivity index (χ1) is 53.8. The second kappa shape index (κ2) is 39.2. The number of fused-ring (bicyclic) bond motifs is 3. The van der Waals surface area contributed by atoms with E-state index < -0.39 is 111 Å². The molecular weight excluding hydrogens is 1590 g/mol. The van der Waals surface area contributed by atoms with Gasteiger partial charge in [-0.1, -0.05) is 131 Å². The summed E-state index contributed by atoms with van der Waals surface area (Å²) < 4.78 is 302. The first kappa shape index (κ1) is 93.7. The highest BCUT2D eigenvalue weighted by Crippen LogP contribution is 2.48. The number of nitrogens with zero attached hydrogens (tertiary/aromatic N) is 2. The molecule has 6 unspecified atom stereocenters. The minimum absolute atomic E-state index is 0. The summed E-state index contributed by atoms with van der Waals surface area (Å²) in [5, 5.41) is 23.4. The van der Waals surface area contributed by atoms with Gasteiger partial charge in [0.2, 0.25) is 0 Å². The van der Waals surface area contributed by atoms with Crippen LogP contribution < -0.4 is 43.5 Å². The summed E-state index contributed by atoms with van der Waals surface area (Å²) in [7, 11) is 4.65. The Hall–Kier alpha value is -10.4. The van der Waals surface area contributed by atoms with Crippen LogP contribution in [0.2, 0.25) is 0 Å². The molecule has 6 atom stereocenters. The van der Waals surface area contributed by atoms with Crippen LogP contribution in [0.1, 0.15) is 93.0 Å². The number of nitrogens with one attached hydrogen (secondary N) is 1. The third kappa shape index (κ3) is 23.7. The van der Waals surface area contributed by atoms with Crippen molar-refractivity contribution in [2.75, 3.05) is 56.1 Å². The molecule has 33 heteroatoms. The first-order valence-electron chi connectivity index (χ1n) is 34.9. The Labute approximate surface area is 661 Å². The van der Waals surface area contributed by atoms with E-state index in [9.17, 15) is 102 Å². The summed E-state index contributed by atoms with van der Waals surface area (Å²) in [5.74, 6) is 0.556. The van der Waals surface area contributed by atoms with Gasteiger partial charge in [0.1, 0.15) is 34.5 Å². The summed E-state index contributed by atoms with van der Waals surface area (Å²) in [6, 6.07) is 52.5. The summed E-state index contributed by atoms with van der Waals surface area (Å²) in [4.78, 5) is 2.73. The molecule has 1 saturated heterocycles. The molecule has 0 aliphatic carbocycles. The summed E-state index contributed by atoms with van der Waals surface area (Å²) in [6.45, 7) is -1.81. The largest absolute Gasteiger partial charge is 0.497 e. The smallest absolute Gasteiger partial charge is 0.461 e. The van der Waals surface area contributed by atoms with Gasteiger partial charge in [0, 0.05) is 17.1 Å². The van der Waals surface area contributed by atoms with Crippen molar-refractivity contribution in [2.24, 2.45) is 0 Å². The molecule has 0 amide bonds. The fourth-order valence-corrected chi connectivity index (χ4v) is 13.3. The Morgan fingerprint density at radius 1 is 0.393 bits per heavy atom. The van der Waals surface area contributed by atoms with E-state index in [2.05, 4.69) is 30.3 Å². The fraction of sp³-hybridized carbons (Fsp3) is 0.357. The van der Waals surface area contributed by atoms with Crippen molar-refractivity contribution in [3.05, 3.63) is 234 Å². The first-order valence-corrected chi connectivity index (χ1v) is 34.9. The van der Waals surface area contributed by atoms with E-state index >= 15 is 0 Å². The molecule has 4 aliphatic rings. The van der Waals surface area contributed by atoms with Gasteiger partial charge in [0.25, 0.3) is 0 Å². The lowest BCUT2D eigenvalue weighted by atomic mass is 9.86. The maximum Gasteiger partial charge on any atom is 0.461 e. The molecule has 0 radical (unpaired) electrons. The van der Waals surface area contributed by atoms with Crippen LogP contribution in [0.4, 0.5) is 109 Å². The van der Waals surface area contributed by atoms with E-state index in [1.165, 1.54) is 66.5 Å². The molecular formula is C84H84F21N3O9. The Morgan fingerprint density at radius 2 is 0.701 bits per heavy atom. The normalized spacial score (nSPS) is 16.9. The van der Waals surface area contributed by atoms with Crippen molar-refractivity contribution in [1.82, 2.24) is 0 Å². The maximum atomic E-state index is 13.5. The van der Waals surface area contributed by atoms with Crippen LogP contribution in [0.3, 0.4) is 0 Å². The van der Waals surface area contributed by atoms with E-state index in [0.29, 0.717) is 47.7 Å². The molecule has 4 heterocycles. The van der Waals surface area contributed by atoms with Crippen molar-refractivity contribution < 1.29 is 136 Å². The van der Waals surface area contributed by atoms with Crippen LogP contribution in [-0.2, 0) is 24.0 Å². The van der Waals surface area contributed by atoms with Crippen molar-refractivity contribution in [1.29, 1.82) is 0 Å². The fourth-order valence-electron chi connectivity index (χ4n) is 13.3. The highest BCUT2D eigenvalue weighted by atomic mass is 19.4. The predicted octanol–water partition coefficient (Wildman–Crippen LogP) is 23.6. The zero-order chi connectivity index (χ0) is 82.8. The lowest BCUT2D eigenvalue weighted by Crippen LogP contribution is -2.44. The van der Waals surface area contributed by atoms with Gasteiger partial charge in [-0.2, -0.15) is 92.2 Å². The Kier molecular flexibility index (Phi) is 31.4. The number of hydrogen-bond donors (Lipinski definition) is 3. The molecule has 9 aromatic carbocycles. The lowest BCUT2D eigenvalue weighted by Gasteiger charge is -2.41. The molecule has 636 valence electrons. The molecule has 0 bridgehead atoms. The summed E-state index contributed by atoms with van der Waals surface area (Å²) in [6.07, 6.45) is -44.0. The number of ether oxygens (including phenoxy) is 7. The van der Waals surface area contributed by atoms with Crippen LogP contribution in [0.5, 0.6) is 34.5 Å². The van der Waals surface area contributed by atoms with Crippen molar-refractivity contribution in [2.45, 2.75) is 153 Å². The number of methoxy groups -OCH3 is 3. The maximum absolute atomic E-state index is 13.5. The monoisotopic (exact) mass is 1680 g/mol. The van der Waals surface area contributed by atoms with E-state index in [0.717, 1.165) is 92.2 Å². The number of β-amino-alcohol motifs (C(OH)–C–C–N with tert-alkyl or cyclic N) is 2. The number of epoxide rings is 1. The number of halogens is 21. The number of anilines is 3. The van der Waals surface area contributed by atoms with Crippen LogP contribution in [0, 0.1) is 0 Å². The molecule has 4 aliphatic heterocycles. The Morgan fingerprint density at radius 3 is 1.03 bits per heavy atom. The molecule has 13 rings (SSSR count). The number of alkyl halides is 21. The van der Waals surface area contributed by atoms with E-state index in [4.69, 9.17) is 14.2 Å². The number of benzene rings is 9. The third-order valence-electron chi connectivity index (χ3n) is 18.8. The Balaban J connectivity index is 0.000000230. The molecule has 0 spiro atoms. The molecule has 12 nitrogen and oxygen atoms in total. The van der Waals surface area contributed by atoms with Gasteiger partial charge < -0.3 is 58.5 Å². The number of rotatable bonds is 22. The molecule has 9 aromatic rings. The summed E-state index contributed by atoms with van der Waals surface area (Å²) >= 11 is 0. The molecule has 117 heavy (non-hydrogen) atoms. The average Bonchev–Trinajstić information content (AvgIpc) is 1.66. The van der Waals surface area contributed by atoms with Gasteiger partial charge in [-0.25, -0.2) is 0 Å². The van der Waals surface area contributed by atoms with Crippen LogP contribution >= 0.6 is 0 Å². The predicted molar refractivity (Wildman–Crippen MR) is 401 cm³/mol. The van der Waals surface area contributed by atoms with Gasteiger partial charge in [0.05, 0.1) is 59.2 Å². The van der Waals surface area contributed by atoms with E-state index in [1.807, 2.05) is 60.7 Å². The van der Waals surface area contributed by atoms with E-state index in [1.54, 1.807) is 73.8 Å². The lowest BCUT2D eigenvalue weighted by molar-refractivity contribution is -0.253. The second-order valence-electron chi connectivity index (χ2n) is 26.4. The molecule has 3 N–H and O–H groups in total. The van der Waals surface area contributed by atoms with Crippen LogP contribution in [-0.4, -0.2) is 126 Å². The van der Waals surface area contributed by atoms with Gasteiger partial charge >= 0.3 is 56.1 Å². The highest BCUT2D eigenvalue weighted by Gasteiger charge is 2.50. The molecule has 0 aromatic heterocycles. The number of aliphatic hydroxyl groups excluding tert-OH is 2. The van der Waals surface area contributed by atoms with Gasteiger partial charge in [-0.15, -0.1) is 0 Å². The molecule has 0 saturated carbocycles. The zero-order valence-electron chi connectivity index (χ0n) is 60.2. The number of hydrogen-bond acceptors (Lipinski definition) is 12. The summed E-state index contributed by atoms with van der Waals surface area (Å²) in [5.41, 5.74) is 10.9. The topological polar surface area (TPSA) is 127 Å². The van der Waals surface area contributed by atoms with Crippen molar-refractivity contribution in [3.8, 4) is 67.9 Å². The van der Waals surface area contributed by atoms with Crippen molar-refractivity contribution in [3.63, 3.8) is 0 Å². The van der Waals surface area contributed by atoms with Gasteiger partial charge in [-0.05, 0) is 196 Å². The molecule has 1 fully saturated rings. The van der Waals surface area contributed by atoms with Crippen molar-refractivity contribution >= 4 is 17.1 Å². The highest BCUT2D eigenvalue weighted by molar-refractivity contribution is 5.79. The standard InChI is InChI=1S/2C27H24F7NO3.C24H21F4NO2.C3H3F3O.3CH4/c2*1-37-18-7-2-5-16(13-18)20-9-4-10-23-21(20)11-12-22(35(23)15-24(36)26(30,31)32)17-6-3-8-19(14-17)38-27(33,34)25(28)29;1-30-17-7-2-5-15(13-17)19-9-4-10-22-20(19)11-12-21(29-22)16-6-3-8-18(14-16)31-24(27,28)23(25)26;4-3(5,6)2-1-7-2;;;/h2*2-10,13-14,22,24-25,36H,11-12,15H2,1H3;2-10,13-14,21,23,29H,11-12H2,1H3;2H,1H2;3*1H4. The second-order valence-corrected chi connectivity index (χ2v) is 26.4. The zero-order valence-corrected chi connectivity index (χ0v) is 60.2. The SMILES string of the molecule is C.C.C.COc1cccc(-c2cccc3c2CCC(c2cccc(OC(F)(F)C(F)F)c2)N3)c1.COc1cccc(-c2cccc3c2CCC(c2cccc(OC(F)(F)C(F)F)c2)N3CC(O)C(F)(F)F)c1.COc1cccc(-c2cccc3c2CCC(c2cccc(OC(F)(F)C(F)F)c2)N3CC(O)C(F)(F)F)c1.FC(F)(F)C1CO1. The third-order valence-corrected chi connectivity index (χ3v) is 18.8. The van der Waals surface area contributed by atoms with Crippen LogP contribution in [0.25, 0.3) is 33.4 Å². The van der Waals surface area contributed by atoms with Gasteiger partial charge in [0.15, 0.2) is 18.3 Å². The minimum atomic E-state index is -4.91. The number of aliphatic hydroxyl groups is 2. The van der Waals surface area contributed by atoms with E-state index in [-0.39, 0.29) is 64.6 Å². The quantitative estimate of drug-likeness (QED) is 0.0442. The average molecular weight is 1680 g/mol. The Bertz CT molecular complexity index is 4500. The van der Waals surface area contributed by atoms with Gasteiger partial charge in [-0.3, -0.25) is 0 Å².